The van der Waals surface area contributed by atoms with Gasteiger partial charge in [-0.2, -0.15) is 0 Å². The molecule has 1 unspecified atom stereocenters. The van der Waals surface area contributed by atoms with Crippen LogP contribution in [0.2, 0.25) is 5.02 Å². The Bertz CT molecular complexity index is 415. The van der Waals surface area contributed by atoms with Crippen molar-refractivity contribution in [1.82, 2.24) is 10.6 Å². The summed E-state index contributed by atoms with van der Waals surface area (Å²) in [6.45, 7) is 1.49. The molecule has 17 heavy (non-hydrogen) atoms. The molecule has 3 nitrogen and oxygen atoms in total. The van der Waals surface area contributed by atoms with Gasteiger partial charge in [-0.25, -0.2) is 0 Å². The second-order valence-corrected chi connectivity index (χ2v) is 5.45. The van der Waals surface area contributed by atoms with Crippen molar-refractivity contribution in [2.45, 2.75) is 25.4 Å². The molecule has 1 aliphatic heterocycles. The molecular formula is C12H14BrClN2O. The summed E-state index contributed by atoms with van der Waals surface area (Å²) in [7, 11) is 0. The van der Waals surface area contributed by atoms with Crippen LogP contribution in [0.15, 0.2) is 22.7 Å². The Balaban J connectivity index is 1.87. The van der Waals surface area contributed by atoms with E-state index < -0.39 is 0 Å². The van der Waals surface area contributed by atoms with Crippen LogP contribution in [0.1, 0.15) is 18.4 Å². The Labute approximate surface area is 114 Å². The average Bonchev–Trinajstić information content (AvgIpc) is 2.30. The normalized spacial score (nSPS) is 20.1. The standard InChI is InChI=1S/C12H14BrClN2O/c13-11-5-9(14)2-1-8(11)6-15-10-3-4-12(17)16-7-10/h1-2,5,10,15H,3-4,6-7H2,(H,16,17). The lowest BCUT2D eigenvalue weighted by Crippen LogP contribution is -2.45. The summed E-state index contributed by atoms with van der Waals surface area (Å²) >= 11 is 9.37. The zero-order valence-electron chi connectivity index (χ0n) is 9.30. The Morgan fingerprint density at radius 1 is 1.53 bits per heavy atom. The third-order valence-electron chi connectivity index (χ3n) is 2.86. The SMILES string of the molecule is O=C1CCC(NCc2ccc(Cl)cc2Br)CN1. The minimum absolute atomic E-state index is 0.149. The highest BCUT2D eigenvalue weighted by atomic mass is 79.9. The predicted molar refractivity (Wildman–Crippen MR) is 72.0 cm³/mol. The van der Waals surface area contributed by atoms with Crippen molar-refractivity contribution in [3.05, 3.63) is 33.3 Å². The van der Waals surface area contributed by atoms with Gasteiger partial charge in [0.05, 0.1) is 0 Å². The summed E-state index contributed by atoms with van der Waals surface area (Å²) in [6.07, 6.45) is 1.51. The van der Waals surface area contributed by atoms with Gasteiger partial charge in [0.1, 0.15) is 0 Å². The van der Waals surface area contributed by atoms with E-state index in [2.05, 4.69) is 26.6 Å². The molecule has 92 valence electrons. The second kappa shape index (κ2) is 5.85. The van der Waals surface area contributed by atoms with Crippen LogP contribution < -0.4 is 10.6 Å². The summed E-state index contributed by atoms with van der Waals surface area (Å²) in [5.41, 5.74) is 1.17. The summed E-state index contributed by atoms with van der Waals surface area (Å²) in [4.78, 5) is 11.0. The molecule has 1 atom stereocenters. The number of amides is 1. The molecule has 2 rings (SSSR count). The largest absolute Gasteiger partial charge is 0.355 e. The Morgan fingerprint density at radius 2 is 2.35 bits per heavy atom. The molecule has 1 fully saturated rings. The van der Waals surface area contributed by atoms with E-state index in [1.54, 1.807) is 0 Å². The number of benzene rings is 1. The first-order valence-corrected chi connectivity index (χ1v) is 6.76. The van der Waals surface area contributed by atoms with E-state index in [1.807, 2.05) is 18.2 Å². The average molecular weight is 318 g/mol. The first-order chi connectivity index (χ1) is 8.15. The summed E-state index contributed by atoms with van der Waals surface area (Å²) < 4.78 is 1.01. The number of carbonyl (C=O) groups excluding carboxylic acids is 1. The highest BCUT2D eigenvalue weighted by Gasteiger charge is 2.17. The lowest BCUT2D eigenvalue weighted by molar-refractivity contribution is -0.122. The van der Waals surface area contributed by atoms with Gasteiger partial charge in [-0.05, 0) is 24.1 Å². The molecule has 1 saturated heterocycles. The highest BCUT2D eigenvalue weighted by Crippen LogP contribution is 2.21. The maximum atomic E-state index is 11.0. The smallest absolute Gasteiger partial charge is 0.220 e. The molecule has 5 heteroatoms. The number of hydrogen-bond donors (Lipinski definition) is 2. The molecule has 0 spiro atoms. The van der Waals surface area contributed by atoms with Crippen molar-refractivity contribution in [3.63, 3.8) is 0 Å². The van der Waals surface area contributed by atoms with Gasteiger partial charge in [0.15, 0.2) is 0 Å². The minimum Gasteiger partial charge on any atom is -0.355 e. The third-order valence-corrected chi connectivity index (χ3v) is 3.84. The van der Waals surface area contributed by atoms with E-state index >= 15 is 0 Å². The number of rotatable bonds is 3. The van der Waals surface area contributed by atoms with Gasteiger partial charge in [0.2, 0.25) is 5.91 Å². The molecular weight excluding hydrogens is 304 g/mol. The maximum Gasteiger partial charge on any atom is 0.220 e. The number of halogens is 2. The van der Waals surface area contributed by atoms with Crippen molar-refractivity contribution in [2.24, 2.45) is 0 Å². The molecule has 1 aromatic rings. The van der Waals surface area contributed by atoms with Crippen LogP contribution in [-0.4, -0.2) is 18.5 Å². The summed E-state index contributed by atoms with van der Waals surface area (Å²) in [6, 6.07) is 6.13. The highest BCUT2D eigenvalue weighted by molar-refractivity contribution is 9.10. The van der Waals surface area contributed by atoms with Gasteiger partial charge in [-0.1, -0.05) is 33.6 Å². The van der Waals surface area contributed by atoms with E-state index in [1.165, 1.54) is 5.56 Å². The first-order valence-electron chi connectivity index (χ1n) is 5.59. The lowest BCUT2D eigenvalue weighted by Gasteiger charge is -2.23. The second-order valence-electron chi connectivity index (χ2n) is 4.16. The molecule has 1 amide bonds. The molecule has 0 aromatic heterocycles. The van der Waals surface area contributed by atoms with Gasteiger partial charge in [0.25, 0.3) is 0 Å². The quantitative estimate of drug-likeness (QED) is 0.899. The molecule has 1 aromatic carbocycles. The lowest BCUT2D eigenvalue weighted by atomic mass is 10.1. The summed E-state index contributed by atoms with van der Waals surface area (Å²) in [5, 5.41) is 7.02. The van der Waals surface area contributed by atoms with Crippen LogP contribution in [0.5, 0.6) is 0 Å². The fourth-order valence-electron chi connectivity index (χ4n) is 1.83. The van der Waals surface area contributed by atoms with Crippen molar-refractivity contribution in [3.8, 4) is 0 Å². The fourth-order valence-corrected chi connectivity index (χ4v) is 2.65. The third kappa shape index (κ3) is 3.69. The minimum atomic E-state index is 0.149. The number of nitrogens with one attached hydrogen (secondary N) is 2. The number of carbonyl (C=O) groups is 1. The Kier molecular flexibility index (Phi) is 4.42. The first kappa shape index (κ1) is 12.9. The zero-order chi connectivity index (χ0) is 12.3. The molecule has 0 bridgehead atoms. The van der Waals surface area contributed by atoms with Gasteiger partial charge >= 0.3 is 0 Å². The Morgan fingerprint density at radius 3 is 3.00 bits per heavy atom. The van der Waals surface area contributed by atoms with Gasteiger partial charge in [0, 0.05) is 35.0 Å². The van der Waals surface area contributed by atoms with Gasteiger partial charge in [-0.15, -0.1) is 0 Å². The van der Waals surface area contributed by atoms with E-state index in [9.17, 15) is 4.79 Å². The van der Waals surface area contributed by atoms with Crippen molar-refractivity contribution < 1.29 is 4.79 Å². The van der Waals surface area contributed by atoms with Crippen LogP contribution in [0, 0.1) is 0 Å². The molecule has 0 aliphatic carbocycles. The van der Waals surface area contributed by atoms with Gasteiger partial charge in [-0.3, -0.25) is 4.79 Å². The van der Waals surface area contributed by atoms with Crippen LogP contribution in [0.25, 0.3) is 0 Å². The predicted octanol–water partition coefficient (Wildman–Crippen LogP) is 2.47. The van der Waals surface area contributed by atoms with Gasteiger partial charge < -0.3 is 10.6 Å². The molecule has 2 N–H and O–H groups in total. The van der Waals surface area contributed by atoms with E-state index in [0.717, 1.165) is 22.5 Å². The van der Waals surface area contributed by atoms with Crippen LogP contribution in [0.4, 0.5) is 0 Å². The zero-order valence-corrected chi connectivity index (χ0v) is 11.6. The van der Waals surface area contributed by atoms with Crippen molar-refractivity contribution >= 4 is 33.4 Å². The molecule has 1 heterocycles. The van der Waals surface area contributed by atoms with Crippen molar-refractivity contribution in [1.29, 1.82) is 0 Å². The topological polar surface area (TPSA) is 41.1 Å². The molecule has 1 aliphatic rings. The number of hydrogen-bond acceptors (Lipinski definition) is 2. The van der Waals surface area contributed by atoms with Crippen LogP contribution in [0.3, 0.4) is 0 Å². The van der Waals surface area contributed by atoms with E-state index in [-0.39, 0.29) is 5.91 Å². The Hall–Kier alpha value is -0.580. The van der Waals surface area contributed by atoms with Crippen molar-refractivity contribution in [2.75, 3.05) is 6.54 Å². The maximum absolute atomic E-state index is 11.0. The monoisotopic (exact) mass is 316 g/mol. The molecule has 0 radical (unpaired) electrons. The number of piperidine rings is 1. The van der Waals surface area contributed by atoms with E-state index in [0.29, 0.717) is 19.0 Å². The summed E-state index contributed by atoms with van der Waals surface area (Å²) in [5.74, 6) is 0.149. The van der Waals surface area contributed by atoms with Crippen LogP contribution in [-0.2, 0) is 11.3 Å². The van der Waals surface area contributed by atoms with E-state index in [4.69, 9.17) is 11.6 Å². The fraction of sp³-hybridized carbons (Fsp3) is 0.417. The molecule has 0 saturated carbocycles. The van der Waals surface area contributed by atoms with Crippen LogP contribution >= 0.6 is 27.5 Å².